The van der Waals surface area contributed by atoms with Crippen molar-refractivity contribution >= 4 is 29.4 Å². The molecule has 0 aromatic heterocycles. The van der Waals surface area contributed by atoms with Gasteiger partial charge in [0.25, 0.3) is 0 Å². The second kappa shape index (κ2) is 5.55. The Morgan fingerprint density at radius 3 is 2.20 bits per heavy atom. The van der Waals surface area contributed by atoms with Gasteiger partial charge in [0.2, 0.25) is 11.8 Å². The van der Waals surface area contributed by atoms with Crippen LogP contribution in [-0.2, 0) is 14.4 Å². The van der Waals surface area contributed by atoms with Crippen LogP contribution in [0.4, 0.5) is 0 Å². The molecule has 2 amide bonds. The van der Waals surface area contributed by atoms with Crippen LogP contribution in [0.3, 0.4) is 0 Å². The van der Waals surface area contributed by atoms with Crippen LogP contribution in [0.15, 0.2) is 0 Å². The number of carbonyl (C=O) groups excluding carboxylic acids is 2. The molecule has 0 aliphatic rings. The van der Waals surface area contributed by atoms with E-state index in [0.717, 1.165) is 0 Å². The number of carboxylic acids is 1. The number of amides is 2. The molecule has 0 bridgehead atoms. The number of carboxylic acid groups (broad SMARTS) is 1. The van der Waals surface area contributed by atoms with Gasteiger partial charge in [0.05, 0.1) is 6.54 Å². The normalized spacial score (nSPS) is 10.6. The summed E-state index contributed by atoms with van der Waals surface area (Å²) in [6.07, 6.45) is 0. The van der Waals surface area contributed by atoms with Crippen molar-refractivity contribution in [2.75, 3.05) is 12.4 Å². The Kier molecular flexibility index (Phi) is 5.07. The maximum Gasteiger partial charge on any atom is 0.328 e. The lowest BCUT2D eigenvalue weighted by Gasteiger charge is -2.20. The molecule has 0 radical (unpaired) electrons. The van der Waals surface area contributed by atoms with E-state index in [-0.39, 0.29) is 12.4 Å². The number of alkyl halides is 1. The summed E-state index contributed by atoms with van der Waals surface area (Å²) in [5.74, 6) is -2.46. The monoisotopic (exact) mass is 236 g/mol. The van der Waals surface area contributed by atoms with E-state index in [1.165, 1.54) is 13.8 Å². The van der Waals surface area contributed by atoms with E-state index in [2.05, 4.69) is 10.6 Å². The van der Waals surface area contributed by atoms with E-state index in [1.807, 2.05) is 0 Å². The molecule has 0 aliphatic heterocycles. The molecule has 6 nitrogen and oxygen atoms in total. The maximum absolute atomic E-state index is 11.2. The predicted octanol–water partition coefficient (Wildman–Crippen LogP) is -0.679. The molecule has 3 N–H and O–H groups in total. The molecule has 0 atom stereocenters. The lowest BCUT2D eigenvalue weighted by Crippen LogP contribution is -2.52. The van der Waals surface area contributed by atoms with Gasteiger partial charge in [-0.1, -0.05) is 0 Å². The van der Waals surface area contributed by atoms with Crippen molar-refractivity contribution in [2.45, 2.75) is 19.4 Å². The van der Waals surface area contributed by atoms with Crippen LogP contribution in [0.25, 0.3) is 0 Å². The number of halogens is 1. The molecule has 0 aromatic rings. The molecular weight excluding hydrogens is 224 g/mol. The second-order valence-electron chi connectivity index (χ2n) is 3.39. The molecule has 0 heterocycles. The fourth-order valence-electron chi connectivity index (χ4n) is 0.672. The Labute approximate surface area is 92.0 Å². The SMILES string of the molecule is CC(C)(NC(=O)CNC(=O)CCl)C(=O)O. The number of hydrogen-bond acceptors (Lipinski definition) is 3. The van der Waals surface area contributed by atoms with Gasteiger partial charge in [-0.25, -0.2) is 4.79 Å². The number of rotatable bonds is 5. The van der Waals surface area contributed by atoms with E-state index in [4.69, 9.17) is 16.7 Å². The first-order valence-corrected chi connectivity index (χ1v) is 4.70. The van der Waals surface area contributed by atoms with E-state index in [0.29, 0.717) is 0 Å². The summed E-state index contributed by atoms with van der Waals surface area (Å²) in [6, 6.07) is 0. The van der Waals surface area contributed by atoms with E-state index in [9.17, 15) is 14.4 Å². The van der Waals surface area contributed by atoms with Crippen LogP contribution in [0.5, 0.6) is 0 Å². The van der Waals surface area contributed by atoms with Gasteiger partial charge in [0.1, 0.15) is 11.4 Å². The van der Waals surface area contributed by atoms with Crippen LogP contribution in [0.1, 0.15) is 13.8 Å². The van der Waals surface area contributed by atoms with Gasteiger partial charge in [0, 0.05) is 0 Å². The highest BCUT2D eigenvalue weighted by molar-refractivity contribution is 6.27. The van der Waals surface area contributed by atoms with Crippen LogP contribution < -0.4 is 10.6 Å². The maximum atomic E-state index is 11.2. The third kappa shape index (κ3) is 5.21. The summed E-state index contributed by atoms with van der Waals surface area (Å²) in [5, 5.41) is 13.1. The van der Waals surface area contributed by atoms with Gasteiger partial charge in [-0.15, -0.1) is 11.6 Å². The lowest BCUT2D eigenvalue weighted by molar-refractivity contribution is -0.145. The molecule has 0 fully saturated rings. The minimum absolute atomic E-state index is 0.240. The fourth-order valence-corrected chi connectivity index (χ4v) is 0.767. The van der Waals surface area contributed by atoms with Crippen molar-refractivity contribution in [1.29, 1.82) is 0 Å². The van der Waals surface area contributed by atoms with E-state index < -0.39 is 23.3 Å². The Balaban J connectivity index is 4.04. The molecule has 0 aliphatic carbocycles. The molecular formula is C8H13ClN2O4. The Hall–Kier alpha value is -1.30. The number of nitrogens with one attached hydrogen (secondary N) is 2. The van der Waals surface area contributed by atoms with Crippen LogP contribution in [-0.4, -0.2) is 40.9 Å². The predicted molar refractivity (Wildman–Crippen MR) is 53.6 cm³/mol. The van der Waals surface area contributed by atoms with Crippen molar-refractivity contribution in [3.8, 4) is 0 Å². The van der Waals surface area contributed by atoms with Crippen molar-refractivity contribution in [3.63, 3.8) is 0 Å². The molecule has 0 saturated heterocycles. The van der Waals surface area contributed by atoms with Gasteiger partial charge in [0.15, 0.2) is 0 Å². The molecule has 0 rings (SSSR count). The highest BCUT2D eigenvalue weighted by Crippen LogP contribution is 2.00. The largest absolute Gasteiger partial charge is 0.480 e. The van der Waals surface area contributed by atoms with Crippen molar-refractivity contribution < 1.29 is 19.5 Å². The summed E-state index contributed by atoms with van der Waals surface area (Å²) in [7, 11) is 0. The van der Waals surface area contributed by atoms with Crippen molar-refractivity contribution in [3.05, 3.63) is 0 Å². The molecule has 7 heteroatoms. The van der Waals surface area contributed by atoms with Gasteiger partial charge in [-0.3, -0.25) is 9.59 Å². The molecule has 15 heavy (non-hydrogen) atoms. The smallest absolute Gasteiger partial charge is 0.328 e. The summed E-state index contributed by atoms with van der Waals surface area (Å²) < 4.78 is 0. The van der Waals surface area contributed by atoms with Gasteiger partial charge in [-0.2, -0.15) is 0 Å². The number of carbonyl (C=O) groups is 3. The minimum Gasteiger partial charge on any atom is -0.480 e. The number of hydrogen-bond donors (Lipinski definition) is 3. The summed E-state index contributed by atoms with van der Waals surface area (Å²) in [6.45, 7) is 2.40. The number of aliphatic carboxylic acids is 1. The van der Waals surface area contributed by atoms with Crippen LogP contribution in [0.2, 0.25) is 0 Å². The highest BCUT2D eigenvalue weighted by atomic mass is 35.5. The molecule has 0 saturated carbocycles. The third-order valence-corrected chi connectivity index (χ3v) is 1.80. The molecule has 0 aromatic carbocycles. The zero-order chi connectivity index (χ0) is 12.1. The molecule has 86 valence electrons. The van der Waals surface area contributed by atoms with Crippen LogP contribution >= 0.6 is 11.6 Å². The summed E-state index contributed by atoms with van der Waals surface area (Å²) in [5.41, 5.74) is -1.36. The summed E-state index contributed by atoms with van der Waals surface area (Å²) in [4.78, 5) is 32.5. The van der Waals surface area contributed by atoms with E-state index >= 15 is 0 Å². The molecule has 0 unspecified atom stereocenters. The molecule has 0 spiro atoms. The average molecular weight is 237 g/mol. The van der Waals surface area contributed by atoms with Crippen molar-refractivity contribution in [1.82, 2.24) is 10.6 Å². The average Bonchev–Trinajstić information content (AvgIpc) is 2.13. The van der Waals surface area contributed by atoms with Gasteiger partial charge < -0.3 is 15.7 Å². The zero-order valence-corrected chi connectivity index (χ0v) is 9.22. The fraction of sp³-hybridized carbons (Fsp3) is 0.625. The first-order valence-electron chi connectivity index (χ1n) is 4.16. The van der Waals surface area contributed by atoms with Crippen molar-refractivity contribution in [2.24, 2.45) is 0 Å². The first-order chi connectivity index (χ1) is 6.79. The second-order valence-corrected chi connectivity index (χ2v) is 3.66. The summed E-state index contributed by atoms with van der Waals surface area (Å²) >= 11 is 5.18. The Bertz CT molecular complexity index is 278. The minimum atomic E-state index is -1.36. The van der Waals surface area contributed by atoms with Gasteiger partial charge in [-0.05, 0) is 13.8 Å². The van der Waals surface area contributed by atoms with Gasteiger partial charge >= 0.3 is 5.97 Å². The first kappa shape index (κ1) is 13.7. The Morgan fingerprint density at radius 1 is 1.27 bits per heavy atom. The third-order valence-electron chi connectivity index (χ3n) is 1.55. The highest BCUT2D eigenvalue weighted by Gasteiger charge is 2.28. The Morgan fingerprint density at radius 2 is 1.80 bits per heavy atom. The quantitative estimate of drug-likeness (QED) is 0.551. The topological polar surface area (TPSA) is 95.5 Å². The van der Waals surface area contributed by atoms with E-state index in [1.54, 1.807) is 0 Å². The van der Waals surface area contributed by atoms with Crippen LogP contribution in [0, 0.1) is 0 Å². The zero-order valence-electron chi connectivity index (χ0n) is 8.46. The lowest BCUT2D eigenvalue weighted by atomic mass is 10.1. The standard InChI is InChI=1S/C8H13ClN2O4/c1-8(2,7(14)15)11-6(13)4-10-5(12)3-9/h3-4H2,1-2H3,(H,10,12)(H,11,13)(H,14,15).